The molecule has 3 rings (SSSR count). The minimum absolute atomic E-state index is 0.112. The summed E-state index contributed by atoms with van der Waals surface area (Å²) in [4.78, 5) is 30.9. The third-order valence-electron chi connectivity index (χ3n) is 4.52. The van der Waals surface area contributed by atoms with Gasteiger partial charge in [-0.25, -0.2) is 4.98 Å². The molecule has 1 fully saturated rings. The summed E-state index contributed by atoms with van der Waals surface area (Å²) < 4.78 is 1.32. The first-order valence-corrected chi connectivity index (χ1v) is 8.45. The molecule has 2 heterocycles. The Bertz CT molecular complexity index is 869. The normalized spacial score (nSPS) is 16.4. The maximum atomic E-state index is 12.6. The fourth-order valence-corrected chi connectivity index (χ4v) is 4.07. The number of aromatic nitrogens is 2. The van der Waals surface area contributed by atoms with Crippen molar-refractivity contribution < 1.29 is 4.79 Å². The van der Waals surface area contributed by atoms with Gasteiger partial charge in [-0.15, -0.1) is 11.3 Å². The van der Waals surface area contributed by atoms with Gasteiger partial charge < -0.3 is 5.32 Å². The van der Waals surface area contributed by atoms with Gasteiger partial charge in [-0.05, 0) is 45.1 Å². The summed E-state index contributed by atoms with van der Waals surface area (Å²) >= 11 is 1.48. The predicted octanol–water partition coefficient (Wildman–Crippen LogP) is 2.03. The third-order valence-corrected chi connectivity index (χ3v) is 5.63. The SMILES string of the molecule is Cc1sc2ncn(CC(=O)NC3(C#N)CCCC3)c(=O)c2c1C. The van der Waals surface area contributed by atoms with Crippen LogP contribution in [0.1, 0.15) is 36.1 Å². The van der Waals surface area contributed by atoms with Crippen LogP contribution in [-0.2, 0) is 11.3 Å². The highest BCUT2D eigenvalue weighted by atomic mass is 32.1. The largest absolute Gasteiger partial charge is 0.336 e. The van der Waals surface area contributed by atoms with Crippen LogP contribution in [-0.4, -0.2) is 21.0 Å². The minimum atomic E-state index is -0.771. The van der Waals surface area contributed by atoms with Gasteiger partial charge in [0.1, 0.15) is 16.9 Å². The van der Waals surface area contributed by atoms with Gasteiger partial charge in [0.2, 0.25) is 5.91 Å². The van der Waals surface area contributed by atoms with Crippen molar-refractivity contribution in [2.45, 2.75) is 51.6 Å². The summed E-state index contributed by atoms with van der Waals surface area (Å²) in [5.41, 5.74) is -0.0569. The van der Waals surface area contributed by atoms with Crippen LogP contribution in [0, 0.1) is 25.2 Å². The maximum Gasteiger partial charge on any atom is 0.262 e. The van der Waals surface area contributed by atoms with Crippen LogP contribution in [0.15, 0.2) is 11.1 Å². The number of fused-ring (bicyclic) bond motifs is 1. The second kappa shape index (κ2) is 5.78. The van der Waals surface area contributed by atoms with E-state index in [-0.39, 0.29) is 18.0 Å². The molecule has 0 radical (unpaired) electrons. The Hall–Kier alpha value is -2.20. The molecule has 0 aliphatic heterocycles. The van der Waals surface area contributed by atoms with E-state index in [1.165, 1.54) is 22.2 Å². The number of carbonyl (C=O) groups excluding carboxylic acids is 1. The maximum absolute atomic E-state index is 12.6. The first kappa shape index (κ1) is 15.7. The fourth-order valence-electron chi connectivity index (χ4n) is 3.09. The van der Waals surface area contributed by atoms with Crippen molar-refractivity contribution in [2.75, 3.05) is 0 Å². The highest BCUT2D eigenvalue weighted by Crippen LogP contribution is 2.29. The van der Waals surface area contributed by atoms with Crippen molar-refractivity contribution in [3.05, 3.63) is 27.1 Å². The van der Waals surface area contributed by atoms with Crippen LogP contribution < -0.4 is 10.9 Å². The van der Waals surface area contributed by atoms with Crippen LogP contribution in [0.5, 0.6) is 0 Å². The summed E-state index contributed by atoms with van der Waals surface area (Å²) in [6.45, 7) is 3.74. The van der Waals surface area contributed by atoms with Gasteiger partial charge in [0.05, 0.1) is 17.8 Å². The lowest BCUT2D eigenvalue weighted by atomic mass is 10.00. The molecule has 7 heteroatoms. The zero-order chi connectivity index (χ0) is 16.6. The zero-order valence-corrected chi connectivity index (χ0v) is 14.0. The number of hydrogen-bond donors (Lipinski definition) is 1. The smallest absolute Gasteiger partial charge is 0.262 e. The summed E-state index contributed by atoms with van der Waals surface area (Å²) in [6, 6.07) is 2.22. The molecule has 2 aromatic rings. The molecule has 1 N–H and O–H groups in total. The van der Waals surface area contributed by atoms with E-state index in [1.54, 1.807) is 0 Å². The number of hydrogen-bond acceptors (Lipinski definition) is 5. The lowest BCUT2D eigenvalue weighted by Crippen LogP contribution is -2.47. The Morgan fingerprint density at radius 3 is 2.83 bits per heavy atom. The van der Waals surface area contributed by atoms with E-state index in [9.17, 15) is 14.9 Å². The number of nitriles is 1. The van der Waals surface area contributed by atoms with E-state index in [4.69, 9.17) is 0 Å². The highest BCUT2D eigenvalue weighted by Gasteiger charge is 2.35. The highest BCUT2D eigenvalue weighted by molar-refractivity contribution is 7.18. The number of aryl methyl sites for hydroxylation is 2. The van der Waals surface area contributed by atoms with Crippen molar-refractivity contribution >= 4 is 27.5 Å². The van der Waals surface area contributed by atoms with Crippen LogP contribution in [0.2, 0.25) is 0 Å². The van der Waals surface area contributed by atoms with Gasteiger partial charge in [-0.1, -0.05) is 0 Å². The topological polar surface area (TPSA) is 87.8 Å². The van der Waals surface area contributed by atoms with E-state index in [1.807, 2.05) is 13.8 Å². The number of nitrogens with zero attached hydrogens (tertiary/aromatic N) is 3. The molecule has 0 atom stereocenters. The molecule has 120 valence electrons. The van der Waals surface area contributed by atoms with E-state index < -0.39 is 5.54 Å². The van der Waals surface area contributed by atoms with Crippen molar-refractivity contribution in [1.29, 1.82) is 5.26 Å². The Morgan fingerprint density at radius 1 is 1.48 bits per heavy atom. The monoisotopic (exact) mass is 330 g/mol. The first-order chi connectivity index (χ1) is 11.0. The predicted molar refractivity (Wildman–Crippen MR) is 88.3 cm³/mol. The lowest BCUT2D eigenvalue weighted by molar-refractivity contribution is -0.123. The number of rotatable bonds is 3. The molecule has 0 bridgehead atoms. The zero-order valence-electron chi connectivity index (χ0n) is 13.2. The van der Waals surface area contributed by atoms with Crippen molar-refractivity contribution in [3.8, 4) is 6.07 Å². The van der Waals surface area contributed by atoms with Gasteiger partial charge in [0, 0.05) is 4.88 Å². The lowest BCUT2D eigenvalue weighted by Gasteiger charge is -2.22. The number of thiophene rings is 1. The quantitative estimate of drug-likeness (QED) is 0.932. The van der Waals surface area contributed by atoms with Gasteiger partial charge in [-0.3, -0.25) is 14.2 Å². The minimum Gasteiger partial charge on any atom is -0.336 e. The van der Waals surface area contributed by atoms with Crippen molar-refractivity contribution in [3.63, 3.8) is 0 Å². The molecule has 0 unspecified atom stereocenters. The van der Waals surface area contributed by atoms with Gasteiger partial charge in [0.25, 0.3) is 5.56 Å². The standard InChI is InChI=1S/C16H18N4O2S/c1-10-11(2)23-14-13(10)15(22)20(9-18-14)7-12(21)19-16(8-17)5-3-4-6-16/h9H,3-7H2,1-2H3,(H,19,21). The number of carbonyl (C=O) groups is 1. The number of amides is 1. The third kappa shape index (κ3) is 2.75. The molecule has 2 aromatic heterocycles. The first-order valence-electron chi connectivity index (χ1n) is 7.63. The number of nitrogens with one attached hydrogen (secondary N) is 1. The summed E-state index contributed by atoms with van der Waals surface area (Å²) in [6.07, 6.45) is 4.63. The molecule has 1 amide bonds. The van der Waals surface area contributed by atoms with E-state index in [0.717, 1.165) is 23.3 Å². The molecule has 23 heavy (non-hydrogen) atoms. The molecule has 1 aliphatic carbocycles. The molecule has 0 spiro atoms. The van der Waals surface area contributed by atoms with Crippen LogP contribution >= 0.6 is 11.3 Å². The van der Waals surface area contributed by atoms with Crippen LogP contribution in [0.3, 0.4) is 0 Å². The van der Waals surface area contributed by atoms with E-state index in [0.29, 0.717) is 23.1 Å². The van der Waals surface area contributed by atoms with Crippen LogP contribution in [0.25, 0.3) is 10.2 Å². The molecular weight excluding hydrogens is 312 g/mol. The molecule has 6 nitrogen and oxygen atoms in total. The van der Waals surface area contributed by atoms with Gasteiger partial charge in [-0.2, -0.15) is 5.26 Å². The summed E-state index contributed by atoms with van der Waals surface area (Å²) in [5, 5.41) is 12.7. The van der Waals surface area contributed by atoms with E-state index in [2.05, 4.69) is 16.4 Å². The van der Waals surface area contributed by atoms with Crippen molar-refractivity contribution in [1.82, 2.24) is 14.9 Å². The molecular formula is C16H18N4O2S. The Balaban J connectivity index is 1.86. The summed E-state index contributed by atoms with van der Waals surface area (Å²) in [5.74, 6) is -0.318. The average molecular weight is 330 g/mol. The average Bonchev–Trinajstić information content (AvgIpc) is 3.09. The fraction of sp³-hybridized carbons (Fsp3) is 0.500. The van der Waals surface area contributed by atoms with Crippen LogP contribution in [0.4, 0.5) is 0 Å². The van der Waals surface area contributed by atoms with Crippen molar-refractivity contribution in [2.24, 2.45) is 0 Å². The Morgan fingerprint density at radius 2 is 2.17 bits per heavy atom. The second-order valence-electron chi connectivity index (χ2n) is 6.09. The Labute approximate surface area is 137 Å². The van der Waals surface area contributed by atoms with Gasteiger partial charge >= 0.3 is 0 Å². The van der Waals surface area contributed by atoms with Gasteiger partial charge in [0.15, 0.2) is 0 Å². The molecule has 0 aromatic carbocycles. The van der Waals surface area contributed by atoms with E-state index >= 15 is 0 Å². The second-order valence-corrected chi connectivity index (χ2v) is 7.29. The molecule has 1 saturated carbocycles. The summed E-state index contributed by atoms with van der Waals surface area (Å²) in [7, 11) is 0. The Kier molecular flexibility index (Phi) is 3.94. The molecule has 0 saturated heterocycles. The molecule has 1 aliphatic rings.